The van der Waals surface area contributed by atoms with Gasteiger partial charge in [-0.15, -0.1) is 0 Å². The number of hydrogen-bond donors (Lipinski definition) is 2. The Bertz CT molecular complexity index is 370. The zero-order valence-corrected chi connectivity index (χ0v) is 10.1. The number of carbonyl (C=O) groups is 1. The molecule has 0 fully saturated rings. The quantitative estimate of drug-likeness (QED) is 0.814. The maximum Gasteiger partial charge on any atom is 0.251 e. The fraction of sp³-hybridized carbons (Fsp3) is 0.462. The molecule has 1 atom stereocenters. The molecule has 0 aromatic heterocycles. The second kappa shape index (κ2) is 5.66. The summed E-state index contributed by atoms with van der Waals surface area (Å²) in [5.41, 5.74) is 2.92. The van der Waals surface area contributed by atoms with Gasteiger partial charge in [0.05, 0.1) is 12.6 Å². The smallest absolute Gasteiger partial charge is 0.251 e. The van der Waals surface area contributed by atoms with Crippen LogP contribution in [0.2, 0.25) is 0 Å². The van der Waals surface area contributed by atoms with Crippen LogP contribution in [0.3, 0.4) is 0 Å². The lowest BCUT2D eigenvalue weighted by atomic mass is 10.1. The van der Waals surface area contributed by atoms with Crippen LogP contribution in [-0.4, -0.2) is 23.7 Å². The van der Waals surface area contributed by atoms with Gasteiger partial charge in [-0.1, -0.05) is 13.0 Å². The average Bonchev–Trinajstić information content (AvgIpc) is 2.29. The van der Waals surface area contributed by atoms with Gasteiger partial charge in [0.25, 0.3) is 5.91 Å². The Balaban J connectivity index is 2.76. The van der Waals surface area contributed by atoms with E-state index in [1.54, 1.807) is 0 Å². The van der Waals surface area contributed by atoms with E-state index < -0.39 is 0 Å². The van der Waals surface area contributed by atoms with Crippen LogP contribution < -0.4 is 5.32 Å². The number of rotatable bonds is 4. The Morgan fingerprint density at radius 3 is 2.56 bits per heavy atom. The molecule has 0 saturated heterocycles. The monoisotopic (exact) mass is 221 g/mol. The van der Waals surface area contributed by atoms with Crippen molar-refractivity contribution in [3.05, 3.63) is 34.9 Å². The van der Waals surface area contributed by atoms with Crippen molar-refractivity contribution in [2.24, 2.45) is 0 Å². The van der Waals surface area contributed by atoms with Crippen LogP contribution in [0, 0.1) is 13.8 Å². The Kier molecular flexibility index (Phi) is 4.50. The Hall–Kier alpha value is -1.35. The normalized spacial score (nSPS) is 12.2. The molecule has 2 N–H and O–H groups in total. The summed E-state index contributed by atoms with van der Waals surface area (Å²) >= 11 is 0. The van der Waals surface area contributed by atoms with Crippen molar-refractivity contribution >= 4 is 5.91 Å². The molecular weight excluding hydrogens is 202 g/mol. The molecule has 1 rings (SSSR count). The van der Waals surface area contributed by atoms with E-state index in [9.17, 15) is 4.79 Å². The summed E-state index contributed by atoms with van der Waals surface area (Å²) in [7, 11) is 0. The molecule has 0 bridgehead atoms. The number of aliphatic hydroxyl groups is 1. The van der Waals surface area contributed by atoms with E-state index in [-0.39, 0.29) is 18.6 Å². The molecule has 16 heavy (non-hydrogen) atoms. The summed E-state index contributed by atoms with van der Waals surface area (Å²) in [6.45, 7) is 5.91. The van der Waals surface area contributed by atoms with Crippen molar-refractivity contribution in [2.75, 3.05) is 6.61 Å². The zero-order valence-electron chi connectivity index (χ0n) is 10.1. The van der Waals surface area contributed by atoms with Crippen molar-refractivity contribution in [1.82, 2.24) is 5.32 Å². The molecule has 1 aromatic carbocycles. The molecule has 0 heterocycles. The summed E-state index contributed by atoms with van der Waals surface area (Å²) in [4.78, 5) is 11.8. The minimum atomic E-state index is -0.158. The number of aryl methyl sites for hydroxylation is 2. The molecule has 88 valence electrons. The number of aliphatic hydroxyl groups excluding tert-OH is 1. The second-order valence-corrected chi connectivity index (χ2v) is 4.06. The van der Waals surface area contributed by atoms with Crippen molar-refractivity contribution in [1.29, 1.82) is 0 Å². The third-order valence-corrected chi connectivity index (χ3v) is 2.82. The molecule has 0 unspecified atom stereocenters. The average molecular weight is 221 g/mol. The highest BCUT2D eigenvalue weighted by molar-refractivity contribution is 5.94. The van der Waals surface area contributed by atoms with Gasteiger partial charge in [0, 0.05) is 5.56 Å². The first kappa shape index (κ1) is 12.7. The number of carbonyl (C=O) groups excluding carboxylic acids is 1. The fourth-order valence-corrected chi connectivity index (χ4v) is 1.43. The number of nitrogens with one attached hydrogen (secondary N) is 1. The minimum Gasteiger partial charge on any atom is -0.394 e. The van der Waals surface area contributed by atoms with Crippen molar-refractivity contribution in [2.45, 2.75) is 33.2 Å². The van der Waals surface area contributed by atoms with Crippen LogP contribution in [0.15, 0.2) is 18.2 Å². The second-order valence-electron chi connectivity index (χ2n) is 4.06. The van der Waals surface area contributed by atoms with Gasteiger partial charge in [-0.3, -0.25) is 4.79 Å². The van der Waals surface area contributed by atoms with E-state index in [4.69, 9.17) is 5.11 Å². The van der Waals surface area contributed by atoms with Crippen LogP contribution in [-0.2, 0) is 0 Å². The van der Waals surface area contributed by atoms with Crippen LogP contribution in [0.1, 0.15) is 34.8 Å². The first-order valence-electron chi connectivity index (χ1n) is 5.57. The van der Waals surface area contributed by atoms with Gasteiger partial charge in [0.15, 0.2) is 0 Å². The summed E-state index contributed by atoms with van der Waals surface area (Å²) in [6.07, 6.45) is 0.729. The largest absolute Gasteiger partial charge is 0.394 e. The summed E-state index contributed by atoms with van der Waals surface area (Å²) in [5.74, 6) is -0.121. The van der Waals surface area contributed by atoms with Crippen LogP contribution in [0.4, 0.5) is 0 Å². The van der Waals surface area contributed by atoms with Gasteiger partial charge in [-0.2, -0.15) is 0 Å². The maximum atomic E-state index is 11.8. The molecule has 3 heteroatoms. The lowest BCUT2D eigenvalue weighted by Gasteiger charge is -2.14. The molecular formula is C13H19NO2. The van der Waals surface area contributed by atoms with E-state index in [1.165, 1.54) is 5.56 Å². The predicted molar refractivity (Wildman–Crippen MR) is 64.5 cm³/mol. The molecule has 0 radical (unpaired) electrons. The Morgan fingerprint density at radius 2 is 2.06 bits per heavy atom. The maximum absolute atomic E-state index is 11.8. The molecule has 0 saturated carbocycles. The van der Waals surface area contributed by atoms with Crippen molar-refractivity contribution < 1.29 is 9.90 Å². The van der Waals surface area contributed by atoms with Gasteiger partial charge in [-0.05, 0) is 43.5 Å². The van der Waals surface area contributed by atoms with Crippen LogP contribution >= 0.6 is 0 Å². The van der Waals surface area contributed by atoms with Gasteiger partial charge in [0.2, 0.25) is 0 Å². The number of hydrogen-bond acceptors (Lipinski definition) is 2. The zero-order chi connectivity index (χ0) is 12.1. The van der Waals surface area contributed by atoms with Gasteiger partial charge in [-0.25, -0.2) is 0 Å². The van der Waals surface area contributed by atoms with Gasteiger partial charge >= 0.3 is 0 Å². The first-order chi connectivity index (χ1) is 7.58. The Morgan fingerprint density at radius 1 is 1.38 bits per heavy atom. The van der Waals surface area contributed by atoms with E-state index in [1.807, 2.05) is 39.0 Å². The fourth-order valence-electron chi connectivity index (χ4n) is 1.43. The molecule has 1 aromatic rings. The molecule has 0 aliphatic rings. The molecule has 1 amide bonds. The van der Waals surface area contributed by atoms with E-state index in [0.29, 0.717) is 5.56 Å². The van der Waals surface area contributed by atoms with E-state index in [2.05, 4.69) is 5.32 Å². The third kappa shape index (κ3) is 3.07. The number of amides is 1. The first-order valence-corrected chi connectivity index (χ1v) is 5.57. The third-order valence-electron chi connectivity index (χ3n) is 2.82. The van der Waals surface area contributed by atoms with E-state index >= 15 is 0 Å². The highest BCUT2D eigenvalue weighted by atomic mass is 16.3. The number of benzene rings is 1. The van der Waals surface area contributed by atoms with Crippen molar-refractivity contribution in [3.8, 4) is 0 Å². The predicted octanol–water partition coefficient (Wildman–Crippen LogP) is 1.80. The molecule has 0 aliphatic heterocycles. The standard InChI is InChI=1S/C13H19NO2/c1-4-12(8-15)14-13(16)11-6-5-9(2)10(3)7-11/h5-7,12,15H,4,8H2,1-3H3,(H,14,16)/t12-/m0/s1. The molecule has 0 aliphatic carbocycles. The lowest BCUT2D eigenvalue weighted by molar-refractivity contribution is 0.0915. The summed E-state index contributed by atoms with van der Waals surface area (Å²) in [6, 6.07) is 5.45. The minimum absolute atomic E-state index is 0.0208. The van der Waals surface area contributed by atoms with Crippen molar-refractivity contribution in [3.63, 3.8) is 0 Å². The topological polar surface area (TPSA) is 49.3 Å². The molecule has 0 spiro atoms. The Labute approximate surface area is 96.5 Å². The SMILES string of the molecule is CC[C@@H](CO)NC(=O)c1ccc(C)c(C)c1. The molecule has 3 nitrogen and oxygen atoms in total. The highest BCUT2D eigenvalue weighted by Gasteiger charge is 2.11. The summed E-state index contributed by atoms with van der Waals surface area (Å²) in [5, 5.41) is 11.8. The van der Waals surface area contributed by atoms with E-state index in [0.717, 1.165) is 12.0 Å². The van der Waals surface area contributed by atoms with Gasteiger partial charge in [0.1, 0.15) is 0 Å². The lowest BCUT2D eigenvalue weighted by Crippen LogP contribution is -2.36. The van der Waals surface area contributed by atoms with Crippen LogP contribution in [0.5, 0.6) is 0 Å². The highest BCUT2D eigenvalue weighted by Crippen LogP contribution is 2.10. The van der Waals surface area contributed by atoms with Gasteiger partial charge < -0.3 is 10.4 Å². The summed E-state index contributed by atoms with van der Waals surface area (Å²) < 4.78 is 0. The van der Waals surface area contributed by atoms with Crippen LogP contribution in [0.25, 0.3) is 0 Å².